The number of methoxy groups -OCH3 is 1. The van der Waals surface area contributed by atoms with Crippen LogP contribution in [0.5, 0.6) is 11.8 Å². The number of anilines is 1. The standard InChI is InChI=1S/C34H38F3N5O5/c1-3-24-27(36)6-5-19-9-23(47-18-45-2)11-25(28(19)24)30-29(37)31-26(13-38-30)32(41-15-21(43)10-22(44)16-41)40-33(39-31)46-17-34-7-4-8-42(34)14-20(35)12-34/h5-6,9,11,13,20-22,43-44H,3-4,7-8,10,12,14-18H2,1-2H3/t20-,21-,22-,34+/m1/s1. The lowest BCUT2D eigenvalue weighted by Gasteiger charge is -2.35. The number of pyridine rings is 1. The van der Waals surface area contributed by atoms with E-state index in [2.05, 4.69) is 19.9 Å². The molecule has 5 heterocycles. The number of halogens is 3. The normalized spacial score (nSPS) is 24.7. The first-order valence-corrected chi connectivity index (χ1v) is 16.1. The van der Waals surface area contributed by atoms with Crippen LogP contribution in [-0.2, 0) is 11.2 Å². The van der Waals surface area contributed by atoms with Crippen LogP contribution in [0, 0.1) is 11.6 Å². The molecular formula is C34H38F3N5O5. The maximum Gasteiger partial charge on any atom is 0.319 e. The fourth-order valence-electron chi connectivity index (χ4n) is 7.61. The van der Waals surface area contributed by atoms with Gasteiger partial charge in [-0.25, -0.2) is 13.2 Å². The zero-order chi connectivity index (χ0) is 32.9. The number of ether oxygens (including phenoxy) is 3. The molecule has 250 valence electrons. The molecule has 0 unspecified atom stereocenters. The molecule has 3 fully saturated rings. The number of benzene rings is 2. The number of rotatable bonds is 9. The Morgan fingerprint density at radius 3 is 2.64 bits per heavy atom. The first-order chi connectivity index (χ1) is 22.7. The first kappa shape index (κ1) is 31.8. The van der Waals surface area contributed by atoms with Crippen LogP contribution in [0.3, 0.4) is 0 Å². The number of aryl methyl sites for hydroxylation is 1. The summed E-state index contributed by atoms with van der Waals surface area (Å²) >= 11 is 0. The quantitative estimate of drug-likeness (QED) is 0.250. The Bertz CT molecular complexity index is 1800. The van der Waals surface area contributed by atoms with E-state index < -0.39 is 35.6 Å². The third kappa shape index (κ3) is 5.83. The number of nitrogens with zero attached hydrogens (tertiary/aromatic N) is 5. The summed E-state index contributed by atoms with van der Waals surface area (Å²) in [5, 5.41) is 22.3. The summed E-state index contributed by atoms with van der Waals surface area (Å²) in [6, 6.07) is 6.23. The number of β-amino-alcohol motifs (C(OH)–C–C–N with tert-alkyl or cyclic N) is 2. The molecule has 3 saturated heterocycles. The van der Waals surface area contributed by atoms with E-state index in [4.69, 9.17) is 14.2 Å². The van der Waals surface area contributed by atoms with Crippen molar-refractivity contribution in [2.24, 2.45) is 0 Å². The SMILES string of the molecule is CCc1c(F)ccc2cc(OCOC)cc(-c3ncc4c(N5C[C@H](O)C[C@@H](O)C5)nc(OC[C@@]56CCCN5C[C@H](F)C6)nc4c3F)c12. The Morgan fingerprint density at radius 1 is 1.06 bits per heavy atom. The molecule has 7 rings (SSSR count). The summed E-state index contributed by atoms with van der Waals surface area (Å²) in [5.41, 5.74) is 0.0715. The number of aliphatic hydroxyl groups is 2. The van der Waals surface area contributed by atoms with Gasteiger partial charge in [0, 0.05) is 51.3 Å². The maximum atomic E-state index is 16.9. The largest absolute Gasteiger partial charge is 0.468 e. The van der Waals surface area contributed by atoms with E-state index >= 15 is 8.78 Å². The molecule has 2 N–H and O–H groups in total. The molecule has 2 aromatic heterocycles. The zero-order valence-corrected chi connectivity index (χ0v) is 26.4. The molecule has 0 aliphatic carbocycles. The van der Waals surface area contributed by atoms with Crippen LogP contribution >= 0.6 is 0 Å². The highest BCUT2D eigenvalue weighted by atomic mass is 19.1. The number of hydrogen-bond donors (Lipinski definition) is 2. The van der Waals surface area contributed by atoms with E-state index in [-0.39, 0.29) is 61.3 Å². The monoisotopic (exact) mass is 653 g/mol. The van der Waals surface area contributed by atoms with Crippen molar-refractivity contribution in [1.82, 2.24) is 19.9 Å². The van der Waals surface area contributed by atoms with E-state index in [9.17, 15) is 14.6 Å². The van der Waals surface area contributed by atoms with Gasteiger partial charge in [0.25, 0.3) is 0 Å². The Labute approximate surface area is 270 Å². The van der Waals surface area contributed by atoms with Gasteiger partial charge in [-0.05, 0) is 60.3 Å². The number of piperidine rings is 1. The van der Waals surface area contributed by atoms with Gasteiger partial charge in [-0.15, -0.1) is 0 Å². The smallest absolute Gasteiger partial charge is 0.319 e. The molecule has 3 aliphatic heterocycles. The van der Waals surface area contributed by atoms with Gasteiger partial charge in [-0.1, -0.05) is 13.0 Å². The molecule has 10 nitrogen and oxygen atoms in total. The third-order valence-electron chi connectivity index (χ3n) is 9.67. The second-order valence-electron chi connectivity index (χ2n) is 12.8. The van der Waals surface area contributed by atoms with Gasteiger partial charge < -0.3 is 29.3 Å². The van der Waals surface area contributed by atoms with Crippen molar-refractivity contribution in [1.29, 1.82) is 0 Å². The highest BCUT2D eigenvalue weighted by molar-refractivity contribution is 6.01. The topological polar surface area (TPSA) is 113 Å². The molecule has 0 amide bonds. The average Bonchev–Trinajstić information content (AvgIpc) is 3.57. The van der Waals surface area contributed by atoms with Crippen molar-refractivity contribution >= 4 is 27.5 Å². The van der Waals surface area contributed by atoms with Crippen molar-refractivity contribution in [3.63, 3.8) is 0 Å². The van der Waals surface area contributed by atoms with Crippen LogP contribution in [0.1, 0.15) is 38.2 Å². The Kier molecular flexibility index (Phi) is 8.58. The van der Waals surface area contributed by atoms with Crippen molar-refractivity contribution in [3.05, 3.63) is 47.7 Å². The number of aliphatic hydroxyl groups excluding tert-OH is 2. The molecule has 4 aromatic rings. The summed E-state index contributed by atoms with van der Waals surface area (Å²) in [4.78, 5) is 17.5. The number of aromatic nitrogens is 3. The van der Waals surface area contributed by atoms with Gasteiger partial charge in [0.05, 0.1) is 23.1 Å². The van der Waals surface area contributed by atoms with Crippen LogP contribution in [0.4, 0.5) is 19.0 Å². The van der Waals surface area contributed by atoms with Gasteiger partial charge in [0.15, 0.2) is 12.6 Å². The molecule has 47 heavy (non-hydrogen) atoms. The molecule has 3 aliphatic rings. The lowest BCUT2D eigenvalue weighted by molar-refractivity contribution is 0.0512. The molecule has 4 atom stereocenters. The van der Waals surface area contributed by atoms with E-state index in [1.807, 2.05) is 6.92 Å². The Morgan fingerprint density at radius 2 is 1.87 bits per heavy atom. The fraction of sp³-hybridized carbons (Fsp3) is 0.500. The fourth-order valence-corrected chi connectivity index (χ4v) is 7.61. The van der Waals surface area contributed by atoms with Crippen molar-refractivity contribution < 1.29 is 37.6 Å². The van der Waals surface area contributed by atoms with Crippen molar-refractivity contribution in [2.75, 3.05) is 51.6 Å². The Hall–Kier alpha value is -3.78. The minimum absolute atomic E-state index is 0.0483. The predicted molar refractivity (Wildman–Crippen MR) is 169 cm³/mol. The molecule has 13 heteroatoms. The second kappa shape index (κ2) is 12.7. The molecule has 2 aromatic carbocycles. The number of alkyl halides is 1. The van der Waals surface area contributed by atoms with Gasteiger partial charge >= 0.3 is 6.01 Å². The zero-order valence-electron chi connectivity index (χ0n) is 26.4. The summed E-state index contributed by atoms with van der Waals surface area (Å²) in [6.07, 6.45) is 1.41. The van der Waals surface area contributed by atoms with Crippen LogP contribution in [0.15, 0.2) is 30.5 Å². The minimum atomic E-state index is -0.953. The number of fused-ring (bicyclic) bond motifs is 3. The van der Waals surface area contributed by atoms with Crippen LogP contribution < -0.4 is 14.4 Å². The first-order valence-electron chi connectivity index (χ1n) is 16.1. The van der Waals surface area contributed by atoms with Gasteiger partial charge in [-0.3, -0.25) is 9.88 Å². The summed E-state index contributed by atoms with van der Waals surface area (Å²) in [5.74, 6) is -0.566. The van der Waals surface area contributed by atoms with E-state index in [0.29, 0.717) is 47.0 Å². The minimum Gasteiger partial charge on any atom is -0.468 e. The molecule has 0 spiro atoms. The lowest BCUT2D eigenvalue weighted by Crippen LogP contribution is -2.46. The highest BCUT2D eigenvalue weighted by Gasteiger charge is 2.49. The predicted octanol–water partition coefficient (Wildman–Crippen LogP) is 4.56. The van der Waals surface area contributed by atoms with Crippen molar-refractivity contribution in [2.45, 2.75) is 62.9 Å². The van der Waals surface area contributed by atoms with Gasteiger partial charge in [0.2, 0.25) is 0 Å². The van der Waals surface area contributed by atoms with Crippen LogP contribution in [0.25, 0.3) is 32.9 Å². The van der Waals surface area contributed by atoms with Crippen molar-refractivity contribution in [3.8, 4) is 23.0 Å². The maximum absolute atomic E-state index is 16.9. The lowest BCUT2D eigenvalue weighted by atomic mass is 9.94. The van der Waals surface area contributed by atoms with Gasteiger partial charge in [-0.2, -0.15) is 9.97 Å². The van der Waals surface area contributed by atoms with E-state index in [1.165, 1.54) is 19.4 Å². The van der Waals surface area contributed by atoms with Gasteiger partial charge in [0.1, 0.15) is 41.4 Å². The molecule has 0 saturated carbocycles. The third-order valence-corrected chi connectivity index (χ3v) is 9.67. The summed E-state index contributed by atoms with van der Waals surface area (Å²) in [7, 11) is 1.49. The second-order valence-corrected chi connectivity index (χ2v) is 12.8. The molecule has 0 bridgehead atoms. The summed E-state index contributed by atoms with van der Waals surface area (Å²) < 4.78 is 63.5. The number of hydrogen-bond acceptors (Lipinski definition) is 10. The molecular weight excluding hydrogens is 615 g/mol. The Balaban J connectivity index is 1.38. The van der Waals surface area contributed by atoms with Crippen LogP contribution in [-0.4, -0.2) is 101 Å². The molecule has 0 radical (unpaired) electrons. The van der Waals surface area contributed by atoms with Crippen LogP contribution in [0.2, 0.25) is 0 Å². The average molecular weight is 654 g/mol. The highest BCUT2D eigenvalue weighted by Crippen LogP contribution is 2.42. The van der Waals surface area contributed by atoms with E-state index in [0.717, 1.165) is 19.4 Å². The summed E-state index contributed by atoms with van der Waals surface area (Å²) in [6.45, 7) is 3.33. The van der Waals surface area contributed by atoms with E-state index in [1.54, 1.807) is 23.1 Å².